The first kappa shape index (κ1) is 23.9. The third kappa shape index (κ3) is 6.75. The fourth-order valence-electron chi connectivity index (χ4n) is 3.27. The average molecular weight is 385 g/mol. The Kier molecular flexibility index (Phi) is 7.50. The standard InChI is InChI=1S/C21H40N2O4/c1-13(2)11-15(19(5,6)26)22-17(24)21(9-10-21)18(25)23-16(12-14(3)4)20(7,8)27/h13-16,26-27H,9-12H2,1-8H3,(H,22,24)(H,23,25)/t15-,16-/m1/s1. The number of carbonyl (C=O) groups excluding carboxylic acids is 2. The molecule has 1 aliphatic rings. The summed E-state index contributed by atoms with van der Waals surface area (Å²) in [5.41, 5.74) is -3.22. The Hall–Kier alpha value is -1.14. The summed E-state index contributed by atoms with van der Waals surface area (Å²) < 4.78 is 0. The van der Waals surface area contributed by atoms with Crippen molar-refractivity contribution in [1.29, 1.82) is 0 Å². The van der Waals surface area contributed by atoms with Crippen LogP contribution in [0.3, 0.4) is 0 Å². The molecule has 0 aliphatic heterocycles. The molecular formula is C21H40N2O4. The zero-order valence-corrected chi connectivity index (χ0v) is 18.3. The van der Waals surface area contributed by atoms with Crippen molar-refractivity contribution in [2.75, 3.05) is 0 Å². The second-order valence-corrected chi connectivity index (χ2v) is 10.2. The van der Waals surface area contributed by atoms with E-state index in [4.69, 9.17) is 0 Å². The van der Waals surface area contributed by atoms with Crippen LogP contribution < -0.4 is 10.6 Å². The lowest BCUT2D eigenvalue weighted by atomic mass is 9.89. The van der Waals surface area contributed by atoms with E-state index < -0.39 is 28.7 Å². The van der Waals surface area contributed by atoms with Crippen LogP contribution in [0.25, 0.3) is 0 Å². The highest BCUT2D eigenvalue weighted by atomic mass is 16.3. The molecule has 0 saturated heterocycles. The van der Waals surface area contributed by atoms with Gasteiger partial charge in [-0.2, -0.15) is 0 Å². The number of amides is 2. The Labute approximate surface area is 164 Å². The van der Waals surface area contributed by atoms with Crippen LogP contribution in [-0.4, -0.2) is 45.3 Å². The second kappa shape index (κ2) is 8.48. The summed E-state index contributed by atoms with van der Waals surface area (Å²) in [6, 6.07) is -0.841. The van der Waals surface area contributed by atoms with Gasteiger partial charge in [0, 0.05) is 0 Å². The molecule has 1 aliphatic carbocycles. The number of hydrogen-bond acceptors (Lipinski definition) is 4. The summed E-state index contributed by atoms with van der Waals surface area (Å²) in [4.78, 5) is 25.8. The minimum Gasteiger partial charge on any atom is -0.388 e. The van der Waals surface area contributed by atoms with E-state index in [2.05, 4.69) is 10.6 Å². The minimum atomic E-state index is -1.08. The first-order valence-electron chi connectivity index (χ1n) is 10.2. The summed E-state index contributed by atoms with van der Waals surface area (Å²) in [5.74, 6) is -0.0498. The normalized spacial score (nSPS) is 19.0. The first-order valence-corrected chi connectivity index (χ1v) is 10.2. The van der Waals surface area contributed by atoms with Crippen molar-refractivity contribution in [3.8, 4) is 0 Å². The molecule has 0 spiro atoms. The van der Waals surface area contributed by atoms with Gasteiger partial charge in [0.25, 0.3) is 0 Å². The van der Waals surface area contributed by atoms with Gasteiger partial charge in [-0.25, -0.2) is 0 Å². The molecule has 1 rings (SSSR count). The predicted octanol–water partition coefficient (Wildman–Crippen LogP) is 2.37. The summed E-state index contributed by atoms with van der Waals surface area (Å²) in [7, 11) is 0. The van der Waals surface area contributed by atoms with E-state index in [1.807, 2.05) is 27.7 Å². The van der Waals surface area contributed by atoms with E-state index in [1.54, 1.807) is 27.7 Å². The zero-order chi connectivity index (χ0) is 21.2. The molecule has 0 aromatic rings. The van der Waals surface area contributed by atoms with Gasteiger partial charge in [-0.05, 0) is 65.2 Å². The molecule has 4 N–H and O–H groups in total. The molecule has 0 heterocycles. The fraction of sp³-hybridized carbons (Fsp3) is 0.905. The van der Waals surface area contributed by atoms with Gasteiger partial charge in [-0.3, -0.25) is 9.59 Å². The van der Waals surface area contributed by atoms with Crippen molar-refractivity contribution < 1.29 is 19.8 Å². The Bertz CT molecular complexity index is 481. The number of rotatable bonds is 10. The van der Waals surface area contributed by atoms with Crippen molar-refractivity contribution in [2.24, 2.45) is 17.3 Å². The number of carbonyl (C=O) groups is 2. The molecule has 1 fully saturated rings. The number of aliphatic hydroxyl groups is 2. The molecular weight excluding hydrogens is 344 g/mol. The van der Waals surface area contributed by atoms with Crippen molar-refractivity contribution in [1.82, 2.24) is 10.6 Å². The van der Waals surface area contributed by atoms with E-state index >= 15 is 0 Å². The zero-order valence-electron chi connectivity index (χ0n) is 18.3. The average Bonchev–Trinajstić information content (AvgIpc) is 3.24. The molecule has 0 unspecified atom stereocenters. The van der Waals surface area contributed by atoms with Gasteiger partial charge in [-0.15, -0.1) is 0 Å². The number of hydrogen-bond donors (Lipinski definition) is 4. The SMILES string of the molecule is CC(C)C[C@@H](NC(=O)C1(C(=O)N[C@H](CC(C)C)C(C)(C)O)CC1)C(C)(C)O. The summed E-state index contributed by atoms with van der Waals surface area (Å²) in [5, 5.41) is 26.6. The molecule has 6 heteroatoms. The maximum Gasteiger partial charge on any atom is 0.236 e. The Balaban J connectivity index is 2.88. The predicted molar refractivity (Wildman–Crippen MR) is 107 cm³/mol. The smallest absolute Gasteiger partial charge is 0.236 e. The van der Waals surface area contributed by atoms with Gasteiger partial charge in [-0.1, -0.05) is 27.7 Å². The molecule has 2 amide bonds. The van der Waals surface area contributed by atoms with E-state index in [9.17, 15) is 19.8 Å². The maximum atomic E-state index is 12.9. The van der Waals surface area contributed by atoms with E-state index in [1.165, 1.54) is 0 Å². The Morgan fingerprint density at radius 2 is 1.11 bits per heavy atom. The third-order valence-corrected chi connectivity index (χ3v) is 5.35. The molecule has 6 nitrogen and oxygen atoms in total. The van der Waals surface area contributed by atoms with E-state index in [0.29, 0.717) is 37.5 Å². The van der Waals surface area contributed by atoms with Crippen LogP contribution in [0.4, 0.5) is 0 Å². The highest BCUT2D eigenvalue weighted by Crippen LogP contribution is 2.46. The monoisotopic (exact) mass is 384 g/mol. The van der Waals surface area contributed by atoms with Crippen LogP contribution in [0.1, 0.15) is 81.1 Å². The molecule has 0 bridgehead atoms. The van der Waals surface area contributed by atoms with Crippen LogP contribution in [0.5, 0.6) is 0 Å². The summed E-state index contributed by atoms with van der Waals surface area (Å²) in [6.07, 6.45) is 2.25. The van der Waals surface area contributed by atoms with Crippen LogP contribution in [0, 0.1) is 17.3 Å². The Morgan fingerprint density at radius 1 is 0.815 bits per heavy atom. The topological polar surface area (TPSA) is 98.7 Å². The van der Waals surface area contributed by atoms with Gasteiger partial charge in [0.1, 0.15) is 5.41 Å². The lowest BCUT2D eigenvalue weighted by molar-refractivity contribution is -0.140. The van der Waals surface area contributed by atoms with Crippen LogP contribution >= 0.6 is 0 Å². The van der Waals surface area contributed by atoms with E-state index in [-0.39, 0.29) is 11.8 Å². The minimum absolute atomic E-state index is 0.302. The number of nitrogens with one attached hydrogen (secondary N) is 2. The second-order valence-electron chi connectivity index (χ2n) is 10.2. The molecule has 1 saturated carbocycles. The summed E-state index contributed by atoms with van der Waals surface area (Å²) >= 11 is 0. The highest BCUT2D eigenvalue weighted by Gasteiger charge is 2.57. The van der Waals surface area contributed by atoms with Gasteiger partial charge in [0.2, 0.25) is 11.8 Å². The highest BCUT2D eigenvalue weighted by molar-refractivity contribution is 6.08. The van der Waals surface area contributed by atoms with Crippen LogP contribution in [0.2, 0.25) is 0 Å². The molecule has 0 aromatic heterocycles. The molecule has 2 atom stereocenters. The van der Waals surface area contributed by atoms with Gasteiger partial charge < -0.3 is 20.8 Å². The van der Waals surface area contributed by atoms with Gasteiger partial charge >= 0.3 is 0 Å². The van der Waals surface area contributed by atoms with Crippen LogP contribution in [0.15, 0.2) is 0 Å². The molecule has 0 radical (unpaired) electrons. The molecule has 158 valence electrons. The van der Waals surface area contributed by atoms with Gasteiger partial charge in [0.05, 0.1) is 23.3 Å². The van der Waals surface area contributed by atoms with Crippen LogP contribution in [-0.2, 0) is 9.59 Å². The van der Waals surface area contributed by atoms with Crippen molar-refractivity contribution in [3.63, 3.8) is 0 Å². The third-order valence-electron chi connectivity index (χ3n) is 5.35. The quantitative estimate of drug-likeness (QED) is 0.435. The lowest BCUT2D eigenvalue weighted by Crippen LogP contribution is -2.57. The fourth-order valence-corrected chi connectivity index (χ4v) is 3.27. The van der Waals surface area contributed by atoms with Crippen molar-refractivity contribution in [2.45, 2.75) is 104 Å². The van der Waals surface area contributed by atoms with Gasteiger partial charge in [0.15, 0.2) is 0 Å². The van der Waals surface area contributed by atoms with Crippen molar-refractivity contribution >= 4 is 11.8 Å². The lowest BCUT2D eigenvalue weighted by Gasteiger charge is -2.34. The maximum absolute atomic E-state index is 12.9. The molecule has 0 aromatic carbocycles. The Morgan fingerprint density at radius 3 is 1.30 bits per heavy atom. The van der Waals surface area contributed by atoms with Crippen molar-refractivity contribution in [3.05, 3.63) is 0 Å². The first-order chi connectivity index (χ1) is 12.1. The largest absolute Gasteiger partial charge is 0.388 e. The van der Waals surface area contributed by atoms with E-state index in [0.717, 1.165) is 0 Å². The molecule has 27 heavy (non-hydrogen) atoms. The summed E-state index contributed by atoms with van der Waals surface area (Å²) in [6.45, 7) is 14.8.